The van der Waals surface area contributed by atoms with Crippen LogP contribution in [-0.4, -0.2) is 38.3 Å². The van der Waals surface area contributed by atoms with Crippen LogP contribution in [0.5, 0.6) is 5.88 Å². The Morgan fingerprint density at radius 2 is 1.83 bits per heavy atom. The first-order valence-electron chi connectivity index (χ1n) is 9.59. The minimum Gasteiger partial charge on any atom is -0.493 e. The van der Waals surface area contributed by atoms with Crippen molar-refractivity contribution in [2.45, 2.75) is 37.8 Å². The summed E-state index contributed by atoms with van der Waals surface area (Å²) < 4.78 is 58.3. The predicted molar refractivity (Wildman–Crippen MR) is 99.0 cm³/mol. The first-order chi connectivity index (χ1) is 14.3. The van der Waals surface area contributed by atoms with Crippen molar-refractivity contribution in [2.75, 3.05) is 13.2 Å². The summed E-state index contributed by atoms with van der Waals surface area (Å²) >= 11 is 0. The highest BCUT2D eigenvalue weighted by Crippen LogP contribution is 2.36. The van der Waals surface area contributed by atoms with Gasteiger partial charge in [-0.1, -0.05) is 12.1 Å². The molecule has 0 amide bonds. The SMILES string of the molecule is Oc1c(CCc2ccc(F)cc2)c(C2CCOCC2)nn1-c1cc(C(F)(F)F)n[nH]1. The predicted octanol–water partition coefficient (Wildman–Crippen LogP) is 4.14. The lowest BCUT2D eigenvalue weighted by Gasteiger charge is -2.21. The van der Waals surface area contributed by atoms with E-state index >= 15 is 0 Å². The summed E-state index contributed by atoms with van der Waals surface area (Å²) in [6, 6.07) is 6.86. The molecule has 0 aliphatic carbocycles. The molecular weight excluding hydrogens is 404 g/mol. The molecule has 1 aliphatic rings. The Kier molecular flexibility index (Phi) is 5.50. The molecule has 0 spiro atoms. The molecule has 0 atom stereocenters. The molecule has 2 aromatic heterocycles. The number of alkyl halides is 3. The number of benzene rings is 1. The molecule has 3 heterocycles. The number of halogens is 4. The number of H-pyrrole nitrogens is 1. The number of hydrogen-bond acceptors (Lipinski definition) is 4. The van der Waals surface area contributed by atoms with Gasteiger partial charge in [0.05, 0.1) is 5.69 Å². The third kappa shape index (κ3) is 4.18. The average Bonchev–Trinajstić information content (AvgIpc) is 3.33. The number of hydrogen-bond donors (Lipinski definition) is 2. The molecule has 1 aromatic carbocycles. The van der Waals surface area contributed by atoms with E-state index in [0.29, 0.717) is 50.2 Å². The van der Waals surface area contributed by atoms with Crippen LogP contribution in [0, 0.1) is 5.82 Å². The van der Waals surface area contributed by atoms with Crippen LogP contribution in [0.1, 0.15) is 41.3 Å². The summed E-state index contributed by atoms with van der Waals surface area (Å²) in [5, 5.41) is 20.8. The van der Waals surface area contributed by atoms with Crippen LogP contribution in [0.15, 0.2) is 30.3 Å². The Bertz CT molecular complexity index is 1000. The van der Waals surface area contributed by atoms with Gasteiger partial charge < -0.3 is 9.84 Å². The summed E-state index contributed by atoms with van der Waals surface area (Å²) in [5.74, 6) is -0.603. The summed E-state index contributed by atoms with van der Waals surface area (Å²) in [5.41, 5.74) is 0.991. The van der Waals surface area contributed by atoms with E-state index in [2.05, 4.69) is 15.3 Å². The second kappa shape index (κ2) is 8.10. The Morgan fingerprint density at radius 3 is 2.47 bits per heavy atom. The van der Waals surface area contributed by atoms with Gasteiger partial charge >= 0.3 is 6.18 Å². The first-order valence-corrected chi connectivity index (χ1v) is 9.59. The molecule has 1 saturated heterocycles. The molecule has 30 heavy (non-hydrogen) atoms. The normalized spacial score (nSPS) is 15.6. The number of aromatic nitrogens is 4. The summed E-state index contributed by atoms with van der Waals surface area (Å²) in [6.07, 6.45) is -2.27. The minimum atomic E-state index is -4.60. The van der Waals surface area contributed by atoms with E-state index in [1.165, 1.54) is 12.1 Å². The molecule has 0 bridgehead atoms. The quantitative estimate of drug-likeness (QED) is 0.604. The van der Waals surface area contributed by atoms with E-state index in [1.807, 2.05) is 0 Å². The lowest BCUT2D eigenvalue weighted by molar-refractivity contribution is -0.141. The van der Waals surface area contributed by atoms with Crippen LogP contribution >= 0.6 is 0 Å². The molecule has 0 unspecified atom stereocenters. The molecule has 3 aromatic rings. The van der Waals surface area contributed by atoms with Crippen molar-refractivity contribution >= 4 is 0 Å². The number of nitrogens with zero attached hydrogens (tertiary/aromatic N) is 3. The zero-order valence-electron chi connectivity index (χ0n) is 15.9. The zero-order chi connectivity index (χ0) is 21.3. The topological polar surface area (TPSA) is 76.0 Å². The maximum Gasteiger partial charge on any atom is 0.435 e. The highest BCUT2D eigenvalue weighted by atomic mass is 19.4. The van der Waals surface area contributed by atoms with Crippen molar-refractivity contribution in [2.24, 2.45) is 0 Å². The van der Waals surface area contributed by atoms with Gasteiger partial charge in [0, 0.05) is 30.8 Å². The van der Waals surface area contributed by atoms with Crippen molar-refractivity contribution in [3.8, 4) is 11.7 Å². The maximum atomic E-state index is 13.1. The second-order valence-electron chi connectivity index (χ2n) is 7.25. The molecule has 6 nitrogen and oxygen atoms in total. The van der Waals surface area contributed by atoms with Crippen LogP contribution in [0.4, 0.5) is 17.6 Å². The van der Waals surface area contributed by atoms with Crippen LogP contribution in [-0.2, 0) is 23.8 Å². The smallest absolute Gasteiger partial charge is 0.435 e. The number of rotatable bonds is 5. The minimum absolute atomic E-state index is 0.0270. The molecule has 160 valence electrons. The fourth-order valence-corrected chi connectivity index (χ4v) is 3.65. The fraction of sp³-hybridized carbons (Fsp3) is 0.400. The van der Waals surface area contributed by atoms with Crippen LogP contribution in [0.2, 0.25) is 0 Å². The number of aryl methyl sites for hydroxylation is 1. The molecule has 0 radical (unpaired) electrons. The number of aromatic amines is 1. The van der Waals surface area contributed by atoms with Gasteiger partial charge in [0.1, 0.15) is 5.82 Å². The summed E-state index contributed by atoms with van der Waals surface area (Å²) in [7, 11) is 0. The molecule has 1 aliphatic heterocycles. The Labute approximate surface area is 169 Å². The third-order valence-corrected chi connectivity index (χ3v) is 5.26. The monoisotopic (exact) mass is 424 g/mol. The van der Waals surface area contributed by atoms with E-state index in [0.717, 1.165) is 16.3 Å². The lowest BCUT2D eigenvalue weighted by Crippen LogP contribution is -2.16. The Hall–Kier alpha value is -2.88. The maximum absolute atomic E-state index is 13.1. The number of aromatic hydroxyl groups is 1. The van der Waals surface area contributed by atoms with Gasteiger partial charge in [-0.25, -0.2) is 4.39 Å². The van der Waals surface area contributed by atoms with Crippen LogP contribution in [0.25, 0.3) is 5.82 Å². The van der Waals surface area contributed by atoms with Gasteiger partial charge in [0.25, 0.3) is 0 Å². The third-order valence-electron chi connectivity index (χ3n) is 5.26. The largest absolute Gasteiger partial charge is 0.493 e. The Morgan fingerprint density at radius 1 is 1.13 bits per heavy atom. The highest BCUT2D eigenvalue weighted by molar-refractivity contribution is 5.40. The first kappa shape index (κ1) is 20.4. The summed E-state index contributed by atoms with van der Waals surface area (Å²) in [4.78, 5) is 0. The molecular formula is C20H20F4N4O2. The van der Waals surface area contributed by atoms with E-state index in [9.17, 15) is 22.7 Å². The van der Waals surface area contributed by atoms with E-state index in [4.69, 9.17) is 4.74 Å². The van der Waals surface area contributed by atoms with Crippen LogP contribution in [0.3, 0.4) is 0 Å². The van der Waals surface area contributed by atoms with Crippen LogP contribution < -0.4 is 0 Å². The standard InChI is InChI=1S/C20H20F4N4O2/c21-14-4-1-12(2-5-14)3-6-15-18(13-7-9-30-10-8-13)27-28(19(15)29)17-11-16(25-26-17)20(22,23)24/h1-2,4-5,11,13,29H,3,6-10H2,(H,25,26). The molecule has 4 rings (SSSR count). The second-order valence-corrected chi connectivity index (χ2v) is 7.25. The van der Waals surface area contributed by atoms with Crippen molar-refractivity contribution in [1.29, 1.82) is 0 Å². The van der Waals surface area contributed by atoms with Gasteiger partial charge in [-0.2, -0.15) is 28.1 Å². The number of nitrogens with one attached hydrogen (secondary N) is 1. The molecule has 0 saturated carbocycles. The van der Waals surface area contributed by atoms with Gasteiger partial charge in [0.2, 0.25) is 5.88 Å². The zero-order valence-corrected chi connectivity index (χ0v) is 15.9. The van der Waals surface area contributed by atoms with E-state index < -0.39 is 11.9 Å². The van der Waals surface area contributed by atoms with Gasteiger partial charge in [-0.05, 0) is 43.4 Å². The average molecular weight is 424 g/mol. The van der Waals surface area contributed by atoms with Crippen molar-refractivity contribution < 1.29 is 27.4 Å². The highest BCUT2D eigenvalue weighted by Gasteiger charge is 2.35. The van der Waals surface area contributed by atoms with Gasteiger partial charge in [-0.3, -0.25) is 5.10 Å². The van der Waals surface area contributed by atoms with Gasteiger partial charge in [-0.15, -0.1) is 0 Å². The van der Waals surface area contributed by atoms with Crippen molar-refractivity contribution in [1.82, 2.24) is 20.0 Å². The Balaban J connectivity index is 1.67. The molecule has 1 fully saturated rings. The lowest BCUT2D eigenvalue weighted by atomic mass is 9.92. The fourth-order valence-electron chi connectivity index (χ4n) is 3.65. The van der Waals surface area contributed by atoms with E-state index in [1.54, 1.807) is 12.1 Å². The van der Waals surface area contributed by atoms with Crippen molar-refractivity contribution in [3.05, 3.63) is 58.7 Å². The number of ether oxygens (including phenoxy) is 1. The summed E-state index contributed by atoms with van der Waals surface area (Å²) in [6.45, 7) is 1.11. The van der Waals surface area contributed by atoms with E-state index in [-0.39, 0.29) is 23.4 Å². The molecule has 10 heteroatoms. The molecule has 2 N–H and O–H groups in total. The van der Waals surface area contributed by atoms with Crippen molar-refractivity contribution in [3.63, 3.8) is 0 Å². The van der Waals surface area contributed by atoms with Gasteiger partial charge in [0.15, 0.2) is 11.5 Å².